The Balaban J connectivity index is 2.42. The fraction of sp³-hybridized carbons (Fsp3) is 0.632. The Kier molecular flexibility index (Phi) is 5.08. The lowest BCUT2D eigenvalue weighted by Crippen LogP contribution is -2.02. The van der Waals surface area contributed by atoms with Gasteiger partial charge in [-0.1, -0.05) is 37.3 Å². The number of fused-ring (bicyclic) bond motifs is 1. The number of aryl methyl sites for hydroxylation is 1. The Hall–Kier alpha value is -1.31. The molecule has 116 valence electrons. The van der Waals surface area contributed by atoms with Gasteiger partial charge >= 0.3 is 0 Å². The van der Waals surface area contributed by atoms with Crippen molar-refractivity contribution in [1.82, 2.24) is 0 Å². The van der Waals surface area contributed by atoms with E-state index in [4.69, 9.17) is 4.42 Å². The van der Waals surface area contributed by atoms with Gasteiger partial charge in [-0.15, -0.1) is 0 Å². The van der Waals surface area contributed by atoms with Crippen molar-refractivity contribution >= 4 is 5.78 Å². The number of carbonyl (C=O) groups is 1. The number of unbranched alkanes of at least 4 members (excludes halogenated alkanes) is 2. The molecule has 0 fully saturated rings. The third-order valence-electron chi connectivity index (χ3n) is 4.82. The van der Waals surface area contributed by atoms with Gasteiger partial charge in [-0.2, -0.15) is 0 Å². The van der Waals surface area contributed by atoms with Crippen molar-refractivity contribution in [2.75, 3.05) is 0 Å². The van der Waals surface area contributed by atoms with Gasteiger partial charge in [0.05, 0.1) is 5.56 Å². The SMILES string of the molecule is CCCCCC1CC(C)=C(C)Cc2c1oc(C)c2C(C)=O. The monoisotopic (exact) mass is 288 g/mol. The van der Waals surface area contributed by atoms with Crippen LogP contribution in [0.3, 0.4) is 0 Å². The molecule has 0 amide bonds. The molecule has 0 bridgehead atoms. The molecule has 1 aromatic rings. The zero-order valence-corrected chi connectivity index (χ0v) is 14.1. The number of allylic oxidation sites excluding steroid dienone is 2. The summed E-state index contributed by atoms with van der Waals surface area (Å²) in [5, 5.41) is 0. The molecular formula is C19H28O2. The topological polar surface area (TPSA) is 30.2 Å². The van der Waals surface area contributed by atoms with E-state index in [1.807, 2.05) is 6.92 Å². The van der Waals surface area contributed by atoms with Gasteiger partial charge in [-0.05, 0) is 47.0 Å². The normalized spacial score (nSPS) is 18.6. The third-order valence-corrected chi connectivity index (χ3v) is 4.82. The van der Waals surface area contributed by atoms with Gasteiger partial charge in [0.25, 0.3) is 0 Å². The van der Waals surface area contributed by atoms with Gasteiger partial charge in [0.15, 0.2) is 5.78 Å². The number of furan rings is 1. The quantitative estimate of drug-likeness (QED) is 0.393. The summed E-state index contributed by atoms with van der Waals surface area (Å²) in [4.78, 5) is 12.0. The van der Waals surface area contributed by atoms with Gasteiger partial charge < -0.3 is 4.42 Å². The lowest BCUT2D eigenvalue weighted by atomic mass is 9.91. The Morgan fingerprint density at radius 2 is 1.90 bits per heavy atom. The number of hydrogen-bond acceptors (Lipinski definition) is 2. The molecule has 2 heteroatoms. The standard InChI is InChI=1S/C19H28O2/c1-6-7-8-9-16-10-12(2)13(3)11-17-18(14(4)20)15(5)21-19(16)17/h16H,6-11H2,1-5H3. The summed E-state index contributed by atoms with van der Waals surface area (Å²) in [5.41, 5.74) is 4.86. The van der Waals surface area contributed by atoms with Crippen LogP contribution in [0.15, 0.2) is 15.6 Å². The zero-order valence-electron chi connectivity index (χ0n) is 14.1. The molecule has 0 spiro atoms. The predicted molar refractivity (Wildman–Crippen MR) is 87.0 cm³/mol. The highest BCUT2D eigenvalue weighted by Gasteiger charge is 2.29. The Morgan fingerprint density at radius 3 is 2.52 bits per heavy atom. The van der Waals surface area contributed by atoms with Crippen molar-refractivity contribution in [3.8, 4) is 0 Å². The summed E-state index contributed by atoms with van der Waals surface area (Å²) in [7, 11) is 0. The fourth-order valence-corrected chi connectivity index (χ4v) is 3.51. The maximum atomic E-state index is 12.0. The number of hydrogen-bond donors (Lipinski definition) is 0. The predicted octanol–water partition coefficient (Wildman–Crippen LogP) is 5.74. The molecule has 0 radical (unpaired) electrons. The number of rotatable bonds is 5. The second-order valence-electron chi connectivity index (χ2n) is 6.57. The summed E-state index contributed by atoms with van der Waals surface area (Å²) in [6.07, 6.45) is 6.86. The van der Waals surface area contributed by atoms with Crippen molar-refractivity contribution in [3.05, 3.63) is 33.8 Å². The first-order chi connectivity index (χ1) is 9.95. The largest absolute Gasteiger partial charge is 0.465 e. The van der Waals surface area contributed by atoms with Crippen molar-refractivity contribution in [2.24, 2.45) is 0 Å². The third kappa shape index (κ3) is 3.30. The Bertz CT molecular complexity index is 560. The molecule has 2 rings (SSSR count). The number of Topliss-reactive ketones (excluding diaryl/α,β-unsaturated/α-hetero) is 1. The lowest BCUT2D eigenvalue weighted by molar-refractivity contribution is 0.101. The summed E-state index contributed by atoms with van der Waals surface area (Å²) >= 11 is 0. The van der Waals surface area contributed by atoms with E-state index in [-0.39, 0.29) is 5.78 Å². The summed E-state index contributed by atoms with van der Waals surface area (Å²) in [6.45, 7) is 10.2. The van der Waals surface area contributed by atoms with Crippen molar-refractivity contribution in [2.45, 2.75) is 79.1 Å². The van der Waals surface area contributed by atoms with E-state index in [1.165, 1.54) is 30.4 Å². The highest BCUT2D eigenvalue weighted by atomic mass is 16.3. The van der Waals surface area contributed by atoms with Crippen LogP contribution in [0.1, 0.15) is 93.2 Å². The van der Waals surface area contributed by atoms with E-state index in [0.717, 1.165) is 41.9 Å². The molecule has 1 aromatic heterocycles. The smallest absolute Gasteiger partial charge is 0.163 e. The molecule has 1 heterocycles. The zero-order chi connectivity index (χ0) is 15.6. The Morgan fingerprint density at radius 1 is 1.19 bits per heavy atom. The van der Waals surface area contributed by atoms with Crippen LogP contribution in [-0.2, 0) is 6.42 Å². The van der Waals surface area contributed by atoms with Crippen LogP contribution in [-0.4, -0.2) is 5.78 Å². The van der Waals surface area contributed by atoms with E-state index < -0.39 is 0 Å². The second-order valence-corrected chi connectivity index (χ2v) is 6.57. The van der Waals surface area contributed by atoms with Gasteiger partial charge in [0, 0.05) is 11.5 Å². The van der Waals surface area contributed by atoms with Crippen LogP contribution in [0.25, 0.3) is 0 Å². The maximum absolute atomic E-state index is 12.0. The minimum atomic E-state index is 0.136. The first-order valence-corrected chi connectivity index (χ1v) is 8.24. The van der Waals surface area contributed by atoms with Crippen LogP contribution < -0.4 is 0 Å². The van der Waals surface area contributed by atoms with Crippen molar-refractivity contribution in [1.29, 1.82) is 0 Å². The Labute approximate surface area is 128 Å². The van der Waals surface area contributed by atoms with Gasteiger partial charge in [0.1, 0.15) is 11.5 Å². The second kappa shape index (κ2) is 6.64. The van der Waals surface area contributed by atoms with Crippen LogP contribution in [0.2, 0.25) is 0 Å². The molecule has 0 aromatic carbocycles. The van der Waals surface area contributed by atoms with Crippen LogP contribution >= 0.6 is 0 Å². The molecule has 1 aliphatic carbocycles. The van der Waals surface area contributed by atoms with Crippen molar-refractivity contribution in [3.63, 3.8) is 0 Å². The molecule has 1 aliphatic rings. The maximum Gasteiger partial charge on any atom is 0.163 e. The van der Waals surface area contributed by atoms with Crippen LogP contribution in [0.5, 0.6) is 0 Å². The highest BCUT2D eigenvalue weighted by molar-refractivity contribution is 5.97. The average Bonchev–Trinajstić information content (AvgIpc) is 2.68. The number of ketones is 1. The van der Waals surface area contributed by atoms with Crippen molar-refractivity contribution < 1.29 is 9.21 Å². The van der Waals surface area contributed by atoms with Gasteiger partial charge in [-0.25, -0.2) is 0 Å². The summed E-state index contributed by atoms with van der Waals surface area (Å²) in [5.74, 6) is 2.47. The molecule has 0 saturated carbocycles. The fourth-order valence-electron chi connectivity index (χ4n) is 3.51. The summed E-state index contributed by atoms with van der Waals surface area (Å²) in [6, 6.07) is 0. The lowest BCUT2D eigenvalue weighted by Gasteiger charge is -2.14. The van der Waals surface area contributed by atoms with Gasteiger partial charge in [-0.3, -0.25) is 4.79 Å². The molecule has 21 heavy (non-hydrogen) atoms. The average molecular weight is 288 g/mol. The molecule has 0 N–H and O–H groups in total. The molecule has 0 saturated heterocycles. The minimum absolute atomic E-state index is 0.136. The molecule has 1 atom stereocenters. The molecule has 0 aliphatic heterocycles. The van der Waals surface area contributed by atoms with E-state index in [0.29, 0.717) is 5.92 Å². The van der Waals surface area contributed by atoms with E-state index in [2.05, 4.69) is 20.8 Å². The minimum Gasteiger partial charge on any atom is -0.465 e. The van der Waals surface area contributed by atoms with Gasteiger partial charge in [0.2, 0.25) is 0 Å². The highest BCUT2D eigenvalue weighted by Crippen LogP contribution is 2.40. The first kappa shape index (κ1) is 16.1. The van der Waals surface area contributed by atoms with E-state index in [9.17, 15) is 4.79 Å². The molecule has 1 unspecified atom stereocenters. The van der Waals surface area contributed by atoms with E-state index >= 15 is 0 Å². The van der Waals surface area contributed by atoms with Crippen LogP contribution in [0, 0.1) is 6.92 Å². The van der Waals surface area contributed by atoms with Crippen LogP contribution in [0.4, 0.5) is 0 Å². The molecular weight excluding hydrogens is 260 g/mol. The molecule has 2 nitrogen and oxygen atoms in total. The van der Waals surface area contributed by atoms with E-state index in [1.54, 1.807) is 6.92 Å². The number of carbonyl (C=O) groups excluding carboxylic acids is 1. The first-order valence-electron chi connectivity index (χ1n) is 8.24. The summed E-state index contributed by atoms with van der Waals surface area (Å²) < 4.78 is 6.07.